The molecular formula is C15H30P+. The van der Waals surface area contributed by atoms with Crippen LogP contribution in [0.1, 0.15) is 44.9 Å². The van der Waals surface area contributed by atoms with E-state index in [1.54, 1.807) is 0 Å². The van der Waals surface area contributed by atoms with Gasteiger partial charge in [-0.3, -0.25) is 0 Å². The second kappa shape index (κ2) is 10.1. The smallest absolute Gasteiger partial charge is 0.0586 e. The van der Waals surface area contributed by atoms with Crippen molar-refractivity contribution in [3.8, 4) is 0 Å². The van der Waals surface area contributed by atoms with Crippen LogP contribution in [-0.2, 0) is 0 Å². The lowest BCUT2D eigenvalue weighted by Gasteiger charge is -2.10. The summed E-state index contributed by atoms with van der Waals surface area (Å²) < 4.78 is 0. The molecule has 0 N–H and O–H groups in total. The number of allylic oxidation sites excluding steroid dienone is 3. The number of unbranched alkanes of at least 4 members (excludes halogenated alkanes) is 6. The van der Waals surface area contributed by atoms with Gasteiger partial charge < -0.3 is 0 Å². The van der Waals surface area contributed by atoms with E-state index in [4.69, 9.17) is 0 Å². The molecule has 0 radical (unpaired) electrons. The average molecular weight is 241 g/mol. The van der Waals surface area contributed by atoms with Crippen LogP contribution in [0.25, 0.3) is 0 Å². The predicted octanol–water partition coefficient (Wildman–Crippen LogP) is 5.37. The molecule has 0 aromatic rings. The maximum absolute atomic E-state index is 3.66. The molecular weight excluding hydrogens is 211 g/mol. The van der Waals surface area contributed by atoms with Gasteiger partial charge in [-0.05, 0) is 25.7 Å². The molecule has 0 aromatic carbocycles. The fourth-order valence-corrected chi connectivity index (χ4v) is 2.92. The zero-order chi connectivity index (χ0) is 12.3. The summed E-state index contributed by atoms with van der Waals surface area (Å²) in [6.07, 6.45) is 17.3. The largest absolute Gasteiger partial charge is 0.0991 e. The number of rotatable bonds is 10. The van der Waals surface area contributed by atoms with E-state index in [0.29, 0.717) is 0 Å². The molecule has 0 nitrogen and oxygen atoms in total. The third-order valence-corrected chi connectivity index (χ3v) is 4.38. The van der Waals surface area contributed by atoms with E-state index in [1.165, 1.54) is 51.1 Å². The van der Waals surface area contributed by atoms with Crippen molar-refractivity contribution in [2.75, 3.05) is 26.2 Å². The van der Waals surface area contributed by atoms with Crippen LogP contribution >= 0.6 is 7.26 Å². The van der Waals surface area contributed by atoms with Gasteiger partial charge in [-0.25, -0.2) is 0 Å². The van der Waals surface area contributed by atoms with Crippen molar-refractivity contribution in [2.24, 2.45) is 0 Å². The van der Waals surface area contributed by atoms with E-state index < -0.39 is 7.26 Å². The summed E-state index contributed by atoms with van der Waals surface area (Å²) in [6, 6.07) is 0. The summed E-state index contributed by atoms with van der Waals surface area (Å²) in [7, 11) is -0.508. The molecule has 0 amide bonds. The summed E-state index contributed by atoms with van der Waals surface area (Å²) in [5, 5.41) is 0. The Morgan fingerprint density at radius 1 is 0.875 bits per heavy atom. The Balaban J connectivity index is 3.10. The molecule has 0 unspecified atom stereocenters. The van der Waals surface area contributed by atoms with Crippen LogP contribution in [0.4, 0.5) is 0 Å². The molecule has 0 saturated carbocycles. The highest BCUT2D eigenvalue weighted by molar-refractivity contribution is 7.73. The van der Waals surface area contributed by atoms with Crippen molar-refractivity contribution in [3.05, 3.63) is 24.8 Å². The van der Waals surface area contributed by atoms with Gasteiger partial charge in [0.2, 0.25) is 0 Å². The van der Waals surface area contributed by atoms with Crippen LogP contribution in [0.3, 0.4) is 0 Å². The van der Waals surface area contributed by atoms with Crippen molar-refractivity contribution in [2.45, 2.75) is 44.9 Å². The van der Waals surface area contributed by atoms with Crippen LogP contribution < -0.4 is 0 Å². The summed E-state index contributed by atoms with van der Waals surface area (Å²) >= 11 is 0. The summed E-state index contributed by atoms with van der Waals surface area (Å²) in [4.78, 5) is 0. The van der Waals surface area contributed by atoms with Crippen molar-refractivity contribution < 1.29 is 0 Å². The quantitative estimate of drug-likeness (QED) is 0.274. The van der Waals surface area contributed by atoms with Crippen molar-refractivity contribution in [1.82, 2.24) is 0 Å². The molecule has 0 spiro atoms. The highest BCUT2D eigenvalue weighted by Crippen LogP contribution is 2.47. The monoisotopic (exact) mass is 241 g/mol. The van der Waals surface area contributed by atoms with Crippen LogP contribution in [-0.4, -0.2) is 26.2 Å². The van der Waals surface area contributed by atoms with Crippen LogP contribution in [0.2, 0.25) is 0 Å². The highest BCUT2D eigenvalue weighted by atomic mass is 31.2. The van der Waals surface area contributed by atoms with E-state index in [-0.39, 0.29) is 0 Å². The lowest BCUT2D eigenvalue weighted by atomic mass is 10.1. The molecule has 0 heterocycles. The van der Waals surface area contributed by atoms with E-state index >= 15 is 0 Å². The first-order chi connectivity index (χ1) is 7.56. The van der Waals surface area contributed by atoms with E-state index in [1.807, 2.05) is 12.2 Å². The Bertz CT molecular complexity index is 186. The van der Waals surface area contributed by atoms with Gasteiger partial charge in [0, 0.05) is 27.3 Å². The van der Waals surface area contributed by atoms with Gasteiger partial charge in [-0.1, -0.05) is 44.1 Å². The van der Waals surface area contributed by atoms with Gasteiger partial charge in [0.15, 0.2) is 0 Å². The molecule has 94 valence electrons. The van der Waals surface area contributed by atoms with Gasteiger partial charge in [0.1, 0.15) is 0 Å². The molecule has 0 aliphatic heterocycles. The summed E-state index contributed by atoms with van der Waals surface area (Å²) in [5.41, 5.74) is 0. The SMILES string of the molecule is C=C/C=C/CCCCCCCC[P+](C)(C)C. The molecule has 0 saturated heterocycles. The topological polar surface area (TPSA) is 0 Å². The number of hydrogen-bond donors (Lipinski definition) is 0. The van der Waals surface area contributed by atoms with Gasteiger partial charge in [0.05, 0.1) is 6.16 Å². The first-order valence-corrected chi connectivity index (χ1v) is 9.96. The molecule has 0 atom stereocenters. The lowest BCUT2D eigenvalue weighted by molar-refractivity contribution is 0.612. The molecule has 0 rings (SSSR count). The highest BCUT2D eigenvalue weighted by Gasteiger charge is 2.15. The maximum atomic E-state index is 3.66. The lowest BCUT2D eigenvalue weighted by Crippen LogP contribution is -1.92. The van der Waals surface area contributed by atoms with E-state index in [0.717, 1.165) is 0 Å². The van der Waals surface area contributed by atoms with Crippen molar-refractivity contribution >= 4 is 7.26 Å². The minimum absolute atomic E-state index is 0.508. The minimum atomic E-state index is -0.508. The van der Waals surface area contributed by atoms with Gasteiger partial charge in [-0.2, -0.15) is 0 Å². The molecule has 0 aliphatic rings. The zero-order valence-corrected chi connectivity index (χ0v) is 12.4. The Labute approximate surface area is 104 Å². The second-order valence-corrected chi connectivity index (χ2v) is 10.6. The molecule has 0 bridgehead atoms. The summed E-state index contributed by atoms with van der Waals surface area (Å²) in [6.45, 7) is 11.0. The first kappa shape index (κ1) is 15.9. The Morgan fingerprint density at radius 3 is 2.00 bits per heavy atom. The van der Waals surface area contributed by atoms with Crippen molar-refractivity contribution in [3.63, 3.8) is 0 Å². The predicted molar refractivity (Wildman–Crippen MR) is 81.2 cm³/mol. The molecule has 0 aromatic heterocycles. The Morgan fingerprint density at radius 2 is 1.44 bits per heavy atom. The Kier molecular flexibility index (Phi) is 10.0. The number of hydrogen-bond acceptors (Lipinski definition) is 0. The van der Waals surface area contributed by atoms with Gasteiger partial charge in [-0.15, -0.1) is 0 Å². The summed E-state index contributed by atoms with van der Waals surface area (Å²) in [5.74, 6) is 0. The van der Waals surface area contributed by atoms with E-state index in [2.05, 4.69) is 32.6 Å². The Hall–Kier alpha value is -0.0900. The molecule has 0 fully saturated rings. The zero-order valence-electron chi connectivity index (χ0n) is 11.5. The van der Waals surface area contributed by atoms with Crippen LogP contribution in [0, 0.1) is 0 Å². The third-order valence-electron chi connectivity index (χ3n) is 2.72. The van der Waals surface area contributed by atoms with Gasteiger partial charge >= 0.3 is 0 Å². The van der Waals surface area contributed by atoms with Crippen molar-refractivity contribution in [1.29, 1.82) is 0 Å². The van der Waals surface area contributed by atoms with E-state index in [9.17, 15) is 0 Å². The standard InChI is InChI=1S/C15H30P/c1-5-6-7-8-9-10-11-12-13-14-15-16(2,3)4/h5-7H,1,8-15H2,2-4H3/q+1/b7-6+. The minimum Gasteiger partial charge on any atom is -0.0991 e. The first-order valence-electron chi connectivity index (χ1n) is 6.64. The van der Waals surface area contributed by atoms with Gasteiger partial charge in [0.25, 0.3) is 0 Å². The molecule has 16 heavy (non-hydrogen) atoms. The molecule has 1 heteroatoms. The second-order valence-electron chi connectivity index (χ2n) is 5.59. The maximum Gasteiger partial charge on any atom is 0.0586 e. The normalized spacial score (nSPS) is 12.2. The fourth-order valence-electron chi connectivity index (χ4n) is 1.75. The van der Waals surface area contributed by atoms with Crippen LogP contribution in [0.15, 0.2) is 24.8 Å². The third kappa shape index (κ3) is 13.9. The average Bonchev–Trinajstić information content (AvgIpc) is 2.19. The molecule has 0 aliphatic carbocycles. The van der Waals surface area contributed by atoms with Crippen LogP contribution in [0.5, 0.6) is 0 Å². The fraction of sp³-hybridized carbons (Fsp3) is 0.733.